The largest absolute Gasteiger partial charge is 0.497 e. The zero-order valence-corrected chi connectivity index (χ0v) is 21.1. The van der Waals surface area contributed by atoms with Crippen LogP contribution in [0.15, 0.2) is 53.3 Å². The second kappa shape index (κ2) is 10.6. The molecule has 0 heterocycles. The van der Waals surface area contributed by atoms with Crippen LogP contribution in [-0.2, 0) is 11.2 Å². The van der Waals surface area contributed by atoms with E-state index in [1.807, 2.05) is 36.4 Å². The first kappa shape index (κ1) is 24.9. The molecule has 2 N–H and O–H groups in total. The van der Waals surface area contributed by atoms with Crippen molar-refractivity contribution in [3.8, 4) is 34.1 Å². The summed E-state index contributed by atoms with van der Waals surface area (Å²) in [6.07, 6.45) is 1.24. The Bertz CT molecular complexity index is 1340. The maximum Gasteiger partial charge on any atom is 0.217 e. The smallest absolute Gasteiger partial charge is 0.217 e. The second-order valence-corrected chi connectivity index (χ2v) is 8.45. The highest BCUT2D eigenvalue weighted by Gasteiger charge is 2.29. The summed E-state index contributed by atoms with van der Waals surface area (Å²) in [7, 11) is 6.31. The van der Waals surface area contributed by atoms with Crippen molar-refractivity contribution in [1.29, 1.82) is 0 Å². The van der Waals surface area contributed by atoms with E-state index in [0.29, 0.717) is 41.3 Å². The van der Waals surface area contributed by atoms with Crippen LogP contribution < -0.4 is 35.0 Å². The van der Waals surface area contributed by atoms with Crippen LogP contribution in [-0.4, -0.2) is 34.3 Å². The van der Waals surface area contributed by atoms with Gasteiger partial charge in [0.15, 0.2) is 11.5 Å². The van der Waals surface area contributed by atoms with Crippen LogP contribution in [0.1, 0.15) is 30.5 Å². The Morgan fingerprint density at radius 3 is 2.22 bits per heavy atom. The van der Waals surface area contributed by atoms with Crippen LogP contribution in [0.4, 0.5) is 11.4 Å². The van der Waals surface area contributed by atoms with Gasteiger partial charge in [-0.15, -0.1) is 0 Å². The van der Waals surface area contributed by atoms with Gasteiger partial charge in [-0.3, -0.25) is 9.59 Å². The third-order valence-corrected chi connectivity index (χ3v) is 6.29. The summed E-state index contributed by atoms with van der Waals surface area (Å²) >= 11 is 0. The van der Waals surface area contributed by atoms with Gasteiger partial charge in [0.2, 0.25) is 17.1 Å². The standard InChI is InChI=1S/C28H30N2O6/c1-16(31)29-22-12-6-17-14-25(34-3)27(35-4)28(36-5)26(17)20-11-13-23(24(32)15-21(20)22)30-18-7-9-19(33-2)10-8-18/h7-11,13-15,22H,6,12H2,1-5H3,(H,29,31)(H,30,32). The molecule has 0 saturated heterocycles. The van der Waals surface area contributed by atoms with Crippen LogP contribution in [0.25, 0.3) is 11.1 Å². The van der Waals surface area contributed by atoms with Crippen molar-refractivity contribution in [2.24, 2.45) is 0 Å². The molecule has 0 aromatic heterocycles. The Hall–Kier alpha value is -4.20. The number of aryl methyl sites for hydroxylation is 1. The van der Waals surface area contributed by atoms with Crippen molar-refractivity contribution in [2.75, 3.05) is 33.8 Å². The topological polar surface area (TPSA) is 95.1 Å². The summed E-state index contributed by atoms with van der Waals surface area (Å²) in [6, 6.07) is 14.1. The minimum Gasteiger partial charge on any atom is -0.497 e. The number of nitrogens with one attached hydrogen (secondary N) is 2. The van der Waals surface area contributed by atoms with E-state index < -0.39 is 0 Å². The van der Waals surface area contributed by atoms with Crippen molar-refractivity contribution in [3.05, 3.63) is 69.9 Å². The normalized spacial score (nSPS) is 14.0. The Kier molecular flexibility index (Phi) is 7.33. The van der Waals surface area contributed by atoms with Gasteiger partial charge >= 0.3 is 0 Å². The molecule has 1 aliphatic carbocycles. The molecule has 0 spiro atoms. The number of carbonyl (C=O) groups is 1. The number of fused-ring (bicyclic) bond motifs is 3. The van der Waals surface area contributed by atoms with Gasteiger partial charge in [0, 0.05) is 18.2 Å². The average molecular weight is 491 g/mol. The van der Waals surface area contributed by atoms with Gasteiger partial charge in [-0.1, -0.05) is 6.07 Å². The first-order valence-corrected chi connectivity index (χ1v) is 11.6. The lowest BCUT2D eigenvalue weighted by molar-refractivity contribution is -0.119. The van der Waals surface area contributed by atoms with Gasteiger partial charge in [-0.05, 0) is 72.0 Å². The number of hydrogen-bond donors (Lipinski definition) is 2. The van der Waals surface area contributed by atoms with Crippen molar-refractivity contribution in [3.63, 3.8) is 0 Å². The number of hydrogen-bond acceptors (Lipinski definition) is 7. The van der Waals surface area contributed by atoms with E-state index in [1.165, 1.54) is 6.92 Å². The molecule has 1 atom stereocenters. The minimum atomic E-state index is -0.361. The van der Waals surface area contributed by atoms with E-state index in [-0.39, 0.29) is 17.4 Å². The van der Waals surface area contributed by atoms with E-state index in [0.717, 1.165) is 28.1 Å². The lowest BCUT2D eigenvalue weighted by Gasteiger charge is -2.19. The quantitative estimate of drug-likeness (QED) is 0.499. The molecule has 8 heteroatoms. The molecule has 8 nitrogen and oxygen atoms in total. The zero-order chi connectivity index (χ0) is 25.8. The highest BCUT2D eigenvalue weighted by Crippen LogP contribution is 2.50. The fourth-order valence-electron chi connectivity index (χ4n) is 4.64. The maximum atomic E-state index is 13.4. The van der Waals surface area contributed by atoms with E-state index in [1.54, 1.807) is 40.6 Å². The molecule has 1 amide bonds. The van der Waals surface area contributed by atoms with Crippen molar-refractivity contribution in [2.45, 2.75) is 25.8 Å². The van der Waals surface area contributed by atoms with Crippen LogP contribution >= 0.6 is 0 Å². The third-order valence-electron chi connectivity index (χ3n) is 6.29. The van der Waals surface area contributed by atoms with E-state index in [2.05, 4.69) is 10.6 Å². The summed E-state index contributed by atoms with van der Waals surface area (Å²) < 4.78 is 22.2. The molecule has 188 valence electrons. The summed E-state index contributed by atoms with van der Waals surface area (Å²) in [4.78, 5) is 25.5. The molecule has 3 aromatic carbocycles. The Balaban J connectivity index is 1.94. The number of methoxy groups -OCH3 is 4. The molecular weight excluding hydrogens is 460 g/mol. The predicted octanol–water partition coefficient (Wildman–Crippen LogP) is 4.62. The second-order valence-electron chi connectivity index (χ2n) is 8.45. The molecule has 3 aromatic rings. The van der Waals surface area contributed by atoms with E-state index >= 15 is 0 Å². The Labute approximate surface area is 210 Å². The Morgan fingerprint density at radius 1 is 0.889 bits per heavy atom. The van der Waals surface area contributed by atoms with Gasteiger partial charge in [0.05, 0.1) is 40.2 Å². The summed E-state index contributed by atoms with van der Waals surface area (Å²) in [5.74, 6) is 2.08. The predicted molar refractivity (Wildman–Crippen MR) is 139 cm³/mol. The maximum absolute atomic E-state index is 13.4. The van der Waals surface area contributed by atoms with Crippen LogP contribution in [0.3, 0.4) is 0 Å². The molecule has 4 rings (SSSR count). The van der Waals surface area contributed by atoms with Crippen molar-refractivity contribution in [1.82, 2.24) is 5.32 Å². The van der Waals surface area contributed by atoms with Gasteiger partial charge in [-0.2, -0.15) is 0 Å². The van der Waals surface area contributed by atoms with Gasteiger partial charge < -0.3 is 29.6 Å². The van der Waals surface area contributed by atoms with Crippen molar-refractivity contribution >= 4 is 17.3 Å². The monoisotopic (exact) mass is 490 g/mol. The molecule has 1 aliphatic rings. The summed E-state index contributed by atoms with van der Waals surface area (Å²) in [5, 5.41) is 6.21. The van der Waals surface area contributed by atoms with Crippen LogP contribution in [0.2, 0.25) is 0 Å². The number of benzene rings is 2. The molecule has 0 radical (unpaired) electrons. The van der Waals surface area contributed by atoms with Gasteiger partial charge in [0.25, 0.3) is 0 Å². The SMILES string of the molecule is COc1ccc(Nc2ccc3c(cc2=O)C(NC(C)=O)CCc2cc(OC)c(OC)c(OC)c2-3)cc1. The van der Waals surface area contributed by atoms with Gasteiger partial charge in [-0.25, -0.2) is 0 Å². The molecule has 0 fully saturated rings. The number of rotatable bonds is 7. The number of amides is 1. The van der Waals surface area contributed by atoms with Gasteiger partial charge in [0.1, 0.15) is 5.75 Å². The highest BCUT2D eigenvalue weighted by molar-refractivity contribution is 5.84. The molecule has 1 unspecified atom stereocenters. The Morgan fingerprint density at radius 2 is 1.61 bits per heavy atom. The average Bonchev–Trinajstić information content (AvgIpc) is 3.12. The molecule has 36 heavy (non-hydrogen) atoms. The van der Waals surface area contributed by atoms with Crippen molar-refractivity contribution < 1.29 is 23.7 Å². The zero-order valence-electron chi connectivity index (χ0n) is 21.1. The summed E-state index contributed by atoms with van der Waals surface area (Å²) in [6.45, 7) is 1.47. The lowest BCUT2D eigenvalue weighted by atomic mass is 9.95. The molecular formula is C28H30N2O6. The number of ether oxygens (including phenoxy) is 4. The minimum absolute atomic E-state index is 0.172. The fraction of sp³-hybridized carbons (Fsp3) is 0.286. The first-order chi connectivity index (χ1) is 17.4. The van der Waals surface area contributed by atoms with E-state index in [4.69, 9.17) is 18.9 Å². The molecule has 0 saturated carbocycles. The summed E-state index contributed by atoms with van der Waals surface area (Å²) in [5.41, 5.74) is 4.21. The lowest BCUT2D eigenvalue weighted by Crippen LogP contribution is -2.26. The van der Waals surface area contributed by atoms with Crippen LogP contribution in [0, 0.1) is 0 Å². The fourth-order valence-corrected chi connectivity index (χ4v) is 4.64. The number of anilines is 2. The number of carbonyl (C=O) groups excluding carboxylic acids is 1. The highest BCUT2D eigenvalue weighted by atomic mass is 16.5. The third kappa shape index (κ3) is 4.79. The molecule has 0 bridgehead atoms. The van der Waals surface area contributed by atoms with Crippen LogP contribution in [0.5, 0.6) is 23.0 Å². The first-order valence-electron chi connectivity index (χ1n) is 11.6. The molecule has 0 aliphatic heterocycles. The van der Waals surface area contributed by atoms with E-state index in [9.17, 15) is 9.59 Å².